The molecule has 2 aromatic carbocycles. The van der Waals surface area contributed by atoms with Crippen molar-refractivity contribution in [3.63, 3.8) is 0 Å². The molecule has 3 aromatic rings. The van der Waals surface area contributed by atoms with Gasteiger partial charge in [-0.3, -0.25) is 4.99 Å². The molecule has 0 aliphatic rings. The van der Waals surface area contributed by atoms with Crippen LogP contribution in [-0.4, -0.2) is 31.6 Å². The SMILES string of the molecule is CN=C(NCCc1c[nH]c2cc(C)ccc12)NCc1cccc(OC)c1. The molecule has 0 aliphatic heterocycles. The van der Waals surface area contributed by atoms with E-state index in [1.54, 1.807) is 14.2 Å². The van der Waals surface area contributed by atoms with Gasteiger partial charge in [0.25, 0.3) is 0 Å². The highest BCUT2D eigenvalue weighted by atomic mass is 16.5. The molecule has 0 bridgehead atoms. The molecular formula is C21H26N4O. The molecular weight excluding hydrogens is 324 g/mol. The number of benzene rings is 2. The Morgan fingerprint density at radius 1 is 1.15 bits per heavy atom. The summed E-state index contributed by atoms with van der Waals surface area (Å²) < 4.78 is 5.26. The van der Waals surface area contributed by atoms with E-state index in [2.05, 4.69) is 58.0 Å². The average molecular weight is 350 g/mol. The molecule has 1 heterocycles. The van der Waals surface area contributed by atoms with E-state index in [0.717, 1.165) is 30.2 Å². The topological polar surface area (TPSA) is 61.4 Å². The van der Waals surface area contributed by atoms with E-state index in [0.29, 0.717) is 6.54 Å². The third-order valence-corrected chi connectivity index (χ3v) is 4.43. The van der Waals surface area contributed by atoms with Crippen LogP contribution in [0.3, 0.4) is 0 Å². The van der Waals surface area contributed by atoms with Gasteiger partial charge in [-0.15, -0.1) is 0 Å². The second kappa shape index (κ2) is 8.43. The maximum absolute atomic E-state index is 5.26. The van der Waals surface area contributed by atoms with Crippen molar-refractivity contribution in [1.29, 1.82) is 0 Å². The summed E-state index contributed by atoms with van der Waals surface area (Å²) in [5.74, 6) is 1.66. The molecule has 3 rings (SSSR count). The van der Waals surface area contributed by atoms with Gasteiger partial charge in [0, 0.05) is 37.2 Å². The van der Waals surface area contributed by atoms with E-state index in [1.807, 2.05) is 18.2 Å². The number of ether oxygens (including phenoxy) is 1. The quantitative estimate of drug-likeness (QED) is 0.472. The summed E-state index contributed by atoms with van der Waals surface area (Å²) >= 11 is 0. The maximum Gasteiger partial charge on any atom is 0.191 e. The number of nitrogens with zero attached hydrogens (tertiary/aromatic N) is 1. The first-order chi connectivity index (χ1) is 12.7. The largest absolute Gasteiger partial charge is 0.497 e. The van der Waals surface area contributed by atoms with Crippen LogP contribution in [0.1, 0.15) is 16.7 Å². The third-order valence-electron chi connectivity index (χ3n) is 4.43. The van der Waals surface area contributed by atoms with Crippen LogP contribution in [0.15, 0.2) is 53.7 Å². The first-order valence-corrected chi connectivity index (χ1v) is 8.83. The predicted octanol–water partition coefficient (Wildman–Crippen LogP) is 3.39. The van der Waals surface area contributed by atoms with E-state index in [1.165, 1.54) is 22.0 Å². The van der Waals surface area contributed by atoms with Crippen LogP contribution in [0, 0.1) is 6.92 Å². The van der Waals surface area contributed by atoms with Gasteiger partial charge in [-0.1, -0.05) is 24.3 Å². The first-order valence-electron chi connectivity index (χ1n) is 8.83. The first kappa shape index (κ1) is 17.9. The van der Waals surface area contributed by atoms with Crippen LogP contribution in [0.25, 0.3) is 10.9 Å². The molecule has 1 aromatic heterocycles. The number of aryl methyl sites for hydroxylation is 1. The Balaban J connectivity index is 1.52. The van der Waals surface area contributed by atoms with Gasteiger partial charge < -0.3 is 20.4 Å². The molecule has 5 heteroatoms. The van der Waals surface area contributed by atoms with Crippen molar-refractivity contribution in [2.75, 3.05) is 20.7 Å². The molecule has 0 saturated carbocycles. The van der Waals surface area contributed by atoms with Crippen molar-refractivity contribution in [1.82, 2.24) is 15.6 Å². The minimum atomic E-state index is 0.698. The zero-order valence-corrected chi connectivity index (χ0v) is 15.6. The lowest BCUT2D eigenvalue weighted by molar-refractivity contribution is 0.414. The number of rotatable bonds is 6. The van der Waals surface area contributed by atoms with Gasteiger partial charge in [0.2, 0.25) is 0 Å². The Bertz CT molecular complexity index is 898. The zero-order chi connectivity index (χ0) is 18.4. The van der Waals surface area contributed by atoms with Gasteiger partial charge >= 0.3 is 0 Å². The standard InChI is InChI=1S/C21H26N4O/c1-15-7-8-19-17(14-24-20(19)11-15)9-10-23-21(22-2)25-13-16-5-4-6-18(12-16)26-3/h4-8,11-12,14,24H,9-10,13H2,1-3H3,(H2,22,23,25). The average Bonchev–Trinajstić information content (AvgIpc) is 3.06. The molecule has 5 nitrogen and oxygen atoms in total. The molecule has 0 unspecified atom stereocenters. The van der Waals surface area contributed by atoms with Crippen molar-refractivity contribution in [3.05, 3.63) is 65.4 Å². The van der Waals surface area contributed by atoms with Crippen LogP contribution < -0.4 is 15.4 Å². The molecule has 26 heavy (non-hydrogen) atoms. The number of methoxy groups -OCH3 is 1. The maximum atomic E-state index is 5.26. The van der Waals surface area contributed by atoms with E-state index in [-0.39, 0.29) is 0 Å². The molecule has 0 atom stereocenters. The van der Waals surface area contributed by atoms with Gasteiger partial charge in [0.15, 0.2) is 5.96 Å². The van der Waals surface area contributed by atoms with E-state index >= 15 is 0 Å². The lowest BCUT2D eigenvalue weighted by Gasteiger charge is -2.12. The summed E-state index contributed by atoms with van der Waals surface area (Å²) in [6.07, 6.45) is 3.03. The number of H-pyrrole nitrogens is 1. The van der Waals surface area contributed by atoms with Crippen LogP contribution in [0.5, 0.6) is 5.75 Å². The van der Waals surface area contributed by atoms with E-state index < -0.39 is 0 Å². The minimum absolute atomic E-state index is 0.698. The molecule has 0 fully saturated rings. The minimum Gasteiger partial charge on any atom is -0.497 e. The fourth-order valence-electron chi connectivity index (χ4n) is 3.01. The normalized spacial score (nSPS) is 11.6. The number of nitrogens with one attached hydrogen (secondary N) is 3. The summed E-state index contributed by atoms with van der Waals surface area (Å²) in [4.78, 5) is 7.65. The van der Waals surface area contributed by atoms with Crippen molar-refractivity contribution < 1.29 is 4.74 Å². The Kier molecular flexibility index (Phi) is 5.79. The summed E-state index contributed by atoms with van der Waals surface area (Å²) in [5.41, 5.74) is 4.93. The number of aromatic nitrogens is 1. The number of guanidine groups is 1. The third kappa shape index (κ3) is 4.36. The van der Waals surface area contributed by atoms with Crippen molar-refractivity contribution in [2.24, 2.45) is 4.99 Å². The Hall–Kier alpha value is -2.95. The molecule has 0 aliphatic carbocycles. The van der Waals surface area contributed by atoms with Gasteiger partial charge in [-0.05, 0) is 48.2 Å². The van der Waals surface area contributed by atoms with Gasteiger partial charge in [0.05, 0.1) is 7.11 Å². The highest BCUT2D eigenvalue weighted by Crippen LogP contribution is 2.19. The van der Waals surface area contributed by atoms with Crippen molar-refractivity contribution >= 4 is 16.9 Å². The monoisotopic (exact) mass is 350 g/mol. The summed E-state index contributed by atoms with van der Waals surface area (Å²) in [6.45, 7) is 3.63. The fourth-order valence-corrected chi connectivity index (χ4v) is 3.01. The summed E-state index contributed by atoms with van der Waals surface area (Å²) in [6, 6.07) is 14.5. The fraction of sp³-hybridized carbons (Fsp3) is 0.286. The van der Waals surface area contributed by atoms with Gasteiger partial charge in [-0.25, -0.2) is 0 Å². The summed E-state index contributed by atoms with van der Waals surface area (Å²) in [5, 5.41) is 8.00. The van der Waals surface area contributed by atoms with Crippen LogP contribution in [-0.2, 0) is 13.0 Å². The van der Waals surface area contributed by atoms with Gasteiger partial charge in [-0.2, -0.15) is 0 Å². The zero-order valence-electron chi connectivity index (χ0n) is 15.6. The van der Waals surface area contributed by atoms with Crippen LogP contribution >= 0.6 is 0 Å². The number of hydrogen-bond donors (Lipinski definition) is 3. The van der Waals surface area contributed by atoms with Crippen molar-refractivity contribution in [3.8, 4) is 5.75 Å². The molecule has 0 saturated heterocycles. The highest BCUT2D eigenvalue weighted by molar-refractivity contribution is 5.84. The van der Waals surface area contributed by atoms with Crippen LogP contribution in [0.4, 0.5) is 0 Å². The summed E-state index contributed by atoms with van der Waals surface area (Å²) in [7, 11) is 3.47. The Morgan fingerprint density at radius 3 is 2.85 bits per heavy atom. The predicted molar refractivity (Wildman–Crippen MR) is 108 cm³/mol. The van der Waals surface area contributed by atoms with E-state index in [4.69, 9.17) is 4.74 Å². The highest BCUT2D eigenvalue weighted by Gasteiger charge is 2.05. The molecule has 0 amide bonds. The van der Waals surface area contributed by atoms with Gasteiger partial charge in [0.1, 0.15) is 5.75 Å². The Labute approximate surface area is 154 Å². The number of aromatic amines is 1. The number of hydrogen-bond acceptors (Lipinski definition) is 2. The molecule has 3 N–H and O–H groups in total. The Morgan fingerprint density at radius 2 is 2.04 bits per heavy atom. The lowest BCUT2D eigenvalue weighted by atomic mass is 10.1. The second-order valence-corrected chi connectivity index (χ2v) is 6.32. The smallest absolute Gasteiger partial charge is 0.191 e. The number of fused-ring (bicyclic) bond motifs is 1. The lowest BCUT2D eigenvalue weighted by Crippen LogP contribution is -2.37. The molecule has 0 spiro atoms. The number of aliphatic imine (C=N–C) groups is 1. The second-order valence-electron chi connectivity index (χ2n) is 6.32. The van der Waals surface area contributed by atoms with Crippen LogP contribution in [0.2, 0.25) is 0 Å². The van der Waals surface area contributed by atoms with E-state index in [9.17, 15) is 0 Å². The van der Waals surface area contributed by atoms with Crippen molar-refractivity contribution in [2.45, 2.75) is 19.9 Å². The molecule has 0 radical (unpaired) electrons. The molecule has 136 valence electrons.